The van der Waals surface area contributed by atoms with Crippen molar-refractivity contribution in [1.29, 1.82) is 0 Å². The Kier molecular flexibility index (Phi) is 5.09. The van der Waals surface area contributed by atoms with Gasteiger partial charge in [-0.1, -0.05) is 49.6 Å². The zero-order valence-electron chi connectivity index (χ0n) is 17.2. The van der Waals surface area contributed by atoms with Crippen LogP contribution in [-0.4, -0.2) is 24.4 Å². The van der Waals surface area contributed by atoms with Crippen molar-refractivity contribution in [3.05, 3.63) is 42.0 Å². The summed E-state index contributed by atoms with van der Waals surface area (Å²) < 4.78 is 12.4. The molecule has 1 heterocycles. The number of nitrogens with one attached hydrogen (secondary N) is 1. The Morgan fingerprint density at radius 3 is 2.22 bits per heavy atom. The van der Waals surface area contributed by atoms with Crippen LogP contribution in [0, 0.1) is 0 Å². The first-order valence-corrected chi connectivity index (χ1v) is 10.5. The molecule has 4 heteroatoms. The molecule has 4 rings (SSSR count). The van der Waals surface area contributed by atoms with E-state index in [4.69, 9.17) is 9.31 Å². The molecule has 3 nitrogen and oxygen atoms in total. The fourth-order valence-electron chi connectivity index (χ4n) is 4.12. The van der Waals surface area contributed by atoms with E-state index in [0.717, 1.165) is 12.0 Å². The van der Waals surface area contributed by atoms with E-state index in [0.29, 0.717) is 6.04 Å². The van der Waals surface area contributed by atoms with Crippen molar-refractivity contribution in [2.24, 2.45) is 0 Å². The lowest BCUT2D eigenvalue weighted by atomic mass is 9.78. The van der Waals surface area contributed by atoms with E-state index in [9.17, 15) is 0 Å². The molecule has 1 N–H and O–H groups in total. The molecular weight excluding hydrogens is 333 g/mol. The van der Waals surface area contributed by atoms with Gasteiger partial charge in [0, 0.05) is 12.6 Å². The SMILES string of the molecule is CC1(C)OB(c2ccc3cc(CNC4CCCCC4)ccc3c2)OC1(C)C. The molecule has 0 aromatic heterocycles. The van der Waals surface area contributed by atoms with Crippen molar-refractivity contribution in [1.82, 2.24) is 5.32 Å². The molecule has 0 bridgehead atoms. The molecule has 0 atom stereocenters. The largest absolute Gasteiger partial charge is 0.494 e. The Bertz CT molecular complexity index is 795. The predicted molar refractivity (Wildman–Crippen MR) is 113 cm³/mol. The third kappa shape index (κ3) is 3.94. The lowest BCUT2D eigenvalue weighted by molar-refractivity contribution is 0.00578. The van der Waals surface area contributed by atoms with E-state index >= 15 is 0 Å². The highest BCUT2D eigenvalue weighted by atomic mass is 16.7. The lowest BCUT2D eigenvalue weighted by Crippen LogP contribution is -2.41. The first-order valence-electron chi connectivity index (χ1n) is 10.5. The first kappa shape index (κ1) is 19.0. The van der Waals surface area contributed by atoms with Gasteiger partial charge in [-0.3, -0.25) is 0 Å². The van der Waals surface area contributed by atoms with Crippen LogP contribution in [0.25, 0.3) is 10.8 Å². The lowest BCUT2D eigenvalue weighted by Gasteiger charge is -2.32. The Labute approximate surface area is 164 Å². The van der Waals surface area contributed by atoms with Crippen LogP contribution < -0.4 is 10.8 Å². The van der Waals surface area contributed by atoms with Crippen molar-refractivity contribution < 1.29 is 9.31 Å². The van der Waals surface area contributed by atoms with Gasteiger partial charge in [-0.05, 0) is 68.4 Å². The molecule has 1 saturated heterocycles. The molecule has 2 aliphatic rings. The standard InChI is InChI=1S/C23H32BNO2/c1-22(2)23(3,4)27-24(26-22)20-13-12-18-14-17(10-11-19(18)15-20)16-25-21-8-6-5-7-9-21/h10-15,21,25H,5-9,16H2,1-4H3. The van der Waals surface area contributed by atoms with Gasteiger partial charge in [0.25, 0.3) is 0 Å². The molecule has 0 spiro atoms. The van der Waals surface area contributed by atoms with E-state index in [-0.39, 0.29) is 18.3 Å². The summed E-state index contributed by atoms with van der Waals surface area (Å²) in [6, 6.07) is 14.0. The third-order valence-electron chi connectivity index (χ3n) is 6.65. The maximum absolute atomic E-state index is 6.20. The highest BCUT2D eigenvalue weighted by molar-refractivity contribution is 6.62. The van der Waals surface area contributed by atoms with Crippen molar-refractivity contribution in [3.8, 4) is 0 Å². The second-order valence-electron chi connectivity index (χ2n) is 9.25. The van der Waals surface area contributed by atoms with E-state index < -0.39 is 0 Å². The molecule has 27 heavy (non-hydrogen) atoms. The molecule has 0 unspecified atom stereocenters. The minimum Gasteiger partial charge on any atom is -0.399 e. The van der Waals surface area contributed by atoms with Crippen molar-refractivity contribution in [3.63, 3.8) is 0 Å². The second-order valence-corrected chi connectivity index (χ2v) is 9.25. The second kappa shape index (κ2) is 7.23. The normalized spacial score (nSPS) is 22.4. The maximum atomic E-state index is 6.20. The van der Waals surface area contributed by atoms with Crippen LogP contribution in [0.1, 0.15) is 65.4 Å². The van der Waals surface area contributed by atoms with Crippen LogP contribution >= 0.6 is 0 Å². The molecule has 2 fully saturated rings. The summed E-state index contributed by atoms with van der Waals surface area (Å²) in [5, 5.41) is 6.25. The minimum absolute atomic E-state index is 0.299. The first-order chi connectivity index (χ1) is 12.8. The molecule has 1 aliphatic carbocycles. The zero-order valence-corrected chi connectivity index (χ0v) is 17.2. The molecule has 0 radical (unpaired) electrons. The van der Waals surface area contributed by atoms with E-state index in [1.165, 1.54) is 48.4 Å². The van der Waals surface area contributed by atoms with Gasteiger partial charge in [0.05, 0.1) is 11.2 Å². The molecular formula is C23H32BNO2. The fraction of sp³-hybridized carbons (Fsp3) is 0.565. The van der Waals surface area contributed by atoms with Crippen LogP contribution in [0.5, 0.6) is 0 Å². The van der Waals surface area contributed by atoms with E-state index in [1.807, 2.05) is 0 Å². The Morgan fingerprint density at radius 2 is 1.52 bits per heavy atom. The fourth-order valence-corrected chi connectivity index (χ4v) is 4.12. The average Bonchev–Trinajstić information content (AvgIpc) is 2.88. The topological polar surface area (TPSA) is 30.5 Å². The van der Waals surface area contributed by atoms with Crippen molar-refractivity contribution in [2.75, 3.05) is 0 Å². The van der Waals surface area contributed by atoms with Gasteiger partial charge in [-0.15, -0.1) is 0 Å². The van der Waals surface area contributed by atoms with Crippen LogP contribution in [0.4, 0.5) is 0 Å². The van der Waals surface area contributed by atoms with Gasteiger partial charge in [-0.25, -0.2) is 0 Å². The molecule has 144 valence electrons. The number of hydrogen-bond donors (Lipinski definition) is 1. The smallest absolute Gasteiger partial charge is 0.399 e. The molecule has 2 aromatic rings. The average molecular weight is 365 g/mol. The quantitative estimate of drug-likeness (QED) is 0.806. The highest BCUT2D eigenvalue weighted by Gasteiger charge is 2.51. The van der Waals surface area contributed by atoms with Gasteiger partial charge in [-0.2, -0.15) is 0 Å². The molecule has 1 saturated carbocycles. The Morgan fingerprint density at radius 1 is 0.889 bits per heavy atom. The number of fused-ring (bicyclic) bond motifs is 1. The van der Waals surface area contributed by atoms with E-state index in [1.54, 1.807) is 0 Å². The van der Waals surface area contributed by atoms with Crippen molar-refractivity contribution >= 4 is 23.4 Å². The van der Waals surface area contributed by atoms with Crippen LogP contribution in [0.2, 0.25) is 0 Å². The van der Waals surface area contributed by atoms with Crippen LogP contribution in [-0.2, 0) is 15.9 Å². The molecule has 2 aromatic carbocycles. The summed E-state index contributed by atoms with van der Waals surface area (Å²) in [5.41, 5.74) is 1.84. The number of benzene rings is 2. The van der Waals surface area contributed by atoms with Crippen molar-refractivity contribution in [2.45, 2.75) is 83.6 Å². The van der Waals surface area contributed by atoms with Gasteiger partial charge >= 0.3 is 7.12 Å². The zero-order chi connectivity index (χ0) is 19.1. The van der Waals surface area contributed by atoms with Gasteiger partial charge < -0.3 is 14.6 Å². The van der Waals surface area contributed by atoms with Gasteiger partial charge in [0.1, 0.15) is 0 Å². The summed E-state index contributed by atoms with van der Waals surface area (Å²) in [6.07, 6.45) is 6.80. The Balaban J connectivity index is 1.47. The monoisotopic (exact) mass is 365 g/mol. The summed E-state index contributed by atoms with van der Waals surface area (Å²) in [6.45, 7) is 9.35. The molecule has 0 amide bonds. The Hall–Kier alpha value is -1.36. The number of hydrogen-bond acceptors (Lipinski definition) is 3. The minimum atomic E-state index is -0.304. The maximum Gasteiger partial charge on any atom is 0.494 e. The van der Waals surface area contributed by atoms with Crippen LogP contribution in [0.3, 0.4) is 0 Å². The molecule has 1 aliphatic heterocycles. The summed E-state index contributed by atoms with van der Waals surface area (Å²) in [5.74, 6) is 0. The number of rotatable bonds is 4. The predicted octanol–water partition coefficient (Wildman–Crippen LogP) is 4.56. The highest BCUT2D eigenvalue weighted by Crippen LogP contribution is 2.36. The van der Waals surface area contributed by atoms with Gasteiger partial charge in [0.2, 0.25) is 0 Å². The third-order valence-corrected chi connectivity index (χ3v) is 6.65. The van der Waals surface area contributed by atoms with E-state index in [2.05, 4.69) is 69.4 Å². The summed E-state index contributed by atoms with van der Waals surface area (Å²) in [7, 11) is -0.299. The van der Waals surface area contributed by atoms with Crippen LogP contribution in [0.15, 0.2) is 36.4 Å². The summed E-state index contributed by atoms with van der Waals surface area (Å²) in [4.78, 5) is 0. The van der Waals surface area contributed by atoms with Gasteiger partial charge in [0.15, 0.2) is 0 Å². The summed E-state index contributed by atoms with van der Waals surface area (Å²) >= 11 is 0.